The third-order valence-corrected chi connectivity index (χ3v) is 13.4. The van der Waals surface area contributed by atoms with Crippen molar-refractivity contribution < 1.29 is 4.79 Å². The second-order valence-electron chi connectivity index (χ2n) is 9.47. The van der Waals surface area contributed by atoms with E-state index < -0.39 is 8.07 Å². The number of nitrogens with zero attached hydrogens (tertiary/aromatic N) is 2. The van der Waals surface area contributed by atoms with Crippen molar-refractivity contribution >= 4 is 25.7 Å². The Hall–Kier alpha value is -3.05. The van der Waals surface area contributed by atoms with Crippen LogP contribution in [0, 0.1) is 0 Å². The Bertz CT molecular complexity index is 1070. The van der Waals surface area contributed by atoms with Gasteiger partial charge in [0.25, 0.3) is 5.91 Å². The van der Waals surface area contributed by atoms with Gasteiger partial charge in [0, 0.05) is 17.4 Å². The van der Waals surface area contributed by atoms with Crippen LogP contribution in [0.5, 0.6) is 0 Å². The molecule has 4 nitrogen and oxygen atoms in total. The Morgan fingerprint density at radius 2 is 1.48 bits per heavy atom. The summed E-state index contributed by atoms with van der Waals surface area (Å²) in [4.78, 5) is 22.2. The standard InChI is InChI=1S/C28H35N3OSi/c1-20(2)33(21(3)4,22(5)6)19-17-23-15-16-26(28(32)30-24-12-8-7-9-13-24)31-27(23)25-14-10-11-18-29-25/h7-22H,1-6H3,(H,30,32)/b19-17+. The molecule has 0 aliphatic carbocycles. The van der Waals surface area contributed by atoms with Gasteiger partial charge >= 0.3 is 0 Å². The highest BCUT2D eigenvalue weighted by Gasteiger charge is 2.40. The van der Waals surface area contributed by atoms with Gasteiger partial charge in [-0.25, -0.2) is 4.98 Å². The minimum absolute atomic E-state index is 0.232. The van der Waals surface area contributed by atoms with Crippen molar-refractivity contribution in [1.29, 1.82) is 0 Å². The van der Waals surface area contributed by atoms with Gasteiger partial charge in [0.15, 0.2) is 0 Å². The second kappa shape index (κ2) is 10.7. The molecule has 0 aliphatic rings. The van der Waals surface area contributed by atoms with Crippen molar-refractivity contribution in [1.82, 2.24) is 9.97 Å². The molecular formula is C28H35N3OSi. The van der Waals surface area contributed by atoms with Gasteiger partial charge in [-0.05, 0) is 47.0 Å². The molecular weight excluding hydrogens is 422 g/mol. The first kappa shape index (κ1) is 24.6. The van der Waals surface area contributed by atoms with Crippen LogP contribution in [-0.4, -0.2) is 23.9 Å². The summed E-state index contributed by atoms with van der Waals surface area (Å²) in [5.74, 6) is -0.232. The number of amides is 1. The molecule has 1 N–H and O–H groups in total. The maximum atomic E-state index is 12.9. The number of carbonyl (C=O) groups is 1. The van der Waals surface area contributed by atoms with Crippen LogP contribution in [0.25, 0.3) is 17.5 Å². The van der Waals surface area contributed by atoms with Crippen molar-refractivity contribution in [3.63, 3.8) is 0 Å². The maximum Gasteiger partial charge on any atom is 0.274 e. The third kappa shape index (κ3) is 5.48. The first-order valence-electron chi connectivity index (χ1n) is 11.7. The van der Waals surface area contributed by atoms with Crippen LogP contribution in [0.1, 0.15) is 57.6 Å². The molecule has 0 aliphatic heterocycles. The Balaban J connectivity index is 2.05. The number of hydrogen-bond donors (Lipinski definition) is 1. The van der Waals surface area contributed by atoms with Crippen LogP contribution in [0.15, 0.2) is 72.6 Å². The lowest BCUT2D eigenvalue weighted by molar-refractivity contribution is 0.102. The molecule has 5 heteroatoms. The lowest BCUT2D eigenvalue weighted by Crippen LogP contribution is -2.42. The van der Waals surface area contributed by atoms with Gasteiger partial charge in [-0.15, -0.1) is 0 Å². The number of anilines is 1. The van der Waals surface area contributed by atoms with Gasteiger partial charge in [-0.1, -0.05) is 83.6 Å². The van der Waals surface area contributed by atoms with E-state index in [9.17, 15) is 4.79 Å². The fourth-order valence-corrected chi connectivity index (χ4v) is 10.6. The van der Waals surface area contributed by atoms with E-state index in [0.29, 0.717) is 22.3 Å². The SMILES string of the molecule is CC(C)[Si](/C=C/c1ccc(C(=O)Nc2ccccc2)nc1-c1ccccn1)(C(C)C)C(C)C. The van der Waals surface area contributed by atoms with Gasteiger partial charge in [0.2, 0.25) is 0 Å². The minimum atomic E-state index is -1.73. The molecule has 0 fully saturated rings. The van der Waals surface area contributed by atoms with Gasteiger partial charge in [-0.2, -0.15) is 0 Å². The van der Waals surface area contributed by atoms with E-state index in [2.05, 4.69) is 63.6 Å². The smallest absolute Gasteiger partial charge is 0.274 e. The predicted octanol–water partition coefficient (Wildman–Crippen LogP) is 7.63. The number of nitrogens with one attached hydrogen (secondary N) is 1. The Morgan fingerprint density at radius 3 is 2.06 bits per heavy atom. The average Bonchev–Trinajstić information content (AvgIpc) is 2.80. The lowest BCUT2D eigenvalue weighted by atomic mass is 10.1. The van der Waals surface area contributed by atoms with E-state index in [1.165, 1.54) is 0 Å². The van der Waals surface area contributed by atoms with Crippen LogP contribution >= 0.6 is 0 Å². The quantitative estimate of drug-likeness (QED) is 0.354. The van der Waals surface area contributed by atoms with Crippen molar-refractivity contribution in [2.45, 2.75) is 58.2 Å². The van der Waals surface area contributed by atoms with Crippen molar-refractivity contribution in [3.05, 3.63) is 83.8 Å². The summed E-state index contributed by atoms with van der Waals surface area (Å²) in [5, 5.41) is 2.92. The zero-order chi connectivity index (χ0) is 24.0. The molecule has 33 heavy (non-hydrogen) atoms. The van der Waals surface area contributed by atoms with Crippen molar-refractivity contribution in [3.8, 4) is 11.4 Å². The molecule has 0 saturated carbocycles. The monoisotopic (exact) mass is 457 g/mol. The van der Waals surface area contributed by atoms with Crippen LogP contribution in [0.3, 0.4) is 0 Å². The highest BCUT2D eigenvalue weighted by Crippen LogP contribution is 2.43. The molecule has 1 aromatic carbocycles. The van der Waals surface area contributed by atoms with Gasteiger partial charge in [0.05, 0.1) is 19.5 Å². The molecule has 0 saturated heterocycles. The number of pyridine rings is 2. The van der Waals surface area contributed by atoms with Crippen molar-refractivity contribution in [2.24, 2.45) is 0 Å². The summed E-state index contributed by atoms with van der Waals surface area (Å²) in [6.07, 6.45) is 3.98. The zero-order valence-electron chi connectivity index (χ0n) is 20.5. The normalized spacial score (nSPS) is 12.2. The van der Waals surface area contributed by atoms with Gasteiger partial charge in [0.1, 0.15) is 5.69 Å². The fraction of sp³-hybridized carbons (Fsp3) is 0.321. The van der Waals surface area contributed by atoms with Gasteiger partial charge in [-0.3, -0.25) is 9.78 Å². The largest absolute Gasteiger partial charge is 0.321 e. The Kier molecular flexibility index (Phi) is 7.98. The molecule has 0 unspecified atom stereocenters. The number of benzene rings is 1. The Labute approximate surface area is 199 Å². The minimum Gasteiger partial charge on any atom is -0.321 e. The average molecular weight is 458 g/mol. The summed E-state index contributed by atoms with van der Waals surface area (Å²) in [7, 11) is -1.73. The number of para-hydroxylation sites is 1. The summed E-state index contributed by atoms with van der Waals surface area (Å²) in [6.45, 7) is 14.1. The van der Waals surface area contributed by atoms with Crippen LogP contribution in [0.2, 0.25) is 16.6 Å². The molecule has 0 atom stereocenters. The number of rotatable bonds is 8. The lowest BCUT2D eigenvalue weighted by Gasteiger charge is -2.40. The highest BCUT2D eigenvalue weighted by atomic mass is 28.3. The molecule has 172 valence electrons. The molecule has 2 aromatic heterocycles. The van der Waals surface area contributed by atoms with Crippen molar-refractivity contribution in [2.75, 3.05) is 5.32 Å². The topological polar surface area (TPSA) is 54.9 Å². The summed E-state index contributed by atoms with van der Waals surface area (Å²) in [6, 6.07) is 19.0. The van der Waals surface area contributed by atoms with E-state index >= 15 is 0 Å². The molecule has 0 bridgehead atoms. The Morgan fingerprint density at radius 1 is 0.848 bits per heavy atom. The molecule has 0 radical (unpaired) electrons. The molecule has 1 amide bonds. The summed E-state index contributed by atoms with van der Waals surface area (Å²) >= 11 is 0. The number of carbonyl (C=O) groups excluding carboxylic acids is 1. The second-order valence-corrected chi connectivity index (χ2v) is 15.3. The molecule has 0 spiro atoms. The zero-order valence-corrected chi connectivity index (χ0v) is 21.5. The van der Waals surface area contributed by atoms with Gasteiger partial charge < -0.3 is 5.32 Å². The highest BCUT2D eigenvalue weighted by molar-refractivity contribution is 6.88. The van der Waals surface area contributed by atoms with Crippen LogP contribution in [-0.2, 0) is 0 Å². The van der Waals surface area contributed by atoms with E-state index in [4.69, 9.17) is 4.98 Å². The molecule has 2 heterocycles. The summed E-state index contributed by atoms with van der Waals surface area (Å²) < 4.78 is 0. The van der Waals surface area contributed by atoms with E-state index in [1.54, 1.807) is 12.3 Å². The van der Waals surface area contributed by atoms with E-state index in [1.807, 2.05) is 54.6 Å². The third-order valence-electron chi connectivity index (χ3n) is 6.65. The van der Waals surface area contributed by atoms with E-state index in [0.717, 1.165) is 22.6 Å². The van der Waals surface area contributed by atoms with Crippen LogP contribution in [0.4, 0.5) is 5.69 Å². The number of hydrogen-bond acceptors (Lipinski definition) is 3. The first-order valence-corrected chi connectivity index (χ1v) is 14.0. The fourth-order valence-electron chi connectivity index (χ4n) is 4.97. The first-order chi connectivity index (χ1) is 15.8. The predicted molar refractivity (Wildman–Crippen MR) is 142 cm³/mol. The van der Waals surface area contributed by atoms with E-state index in [-0.39, 0.29) is 5.91 Å². The molecule has 3 aromatic rings. The number of aromatic nitrogens is 2. The molecule has 3 rings (SSSR count). The maximum absolute atomic E-state index is 12.9. The van der Waals surface area contributed by atoms with Crippen LogP contribution < -0.4 is 5.32 Å². The summed E-state index contributed by atoms with van der Waals surface area (Å²) in [5.41, 5.74) is 7.95.